The first-order valence-electron chi connectivity index (χ1n) is 9.74. The monoisotopic (exact) mass is 372 g/mol. The van der Waals surface area contributed by atoms with Crippen molar-refractivity contribution in [1.82, 2.24) is 24.7 Å². The highest BCUT2D eigenvalue weighted by Gasteiger charge is 2.28. The van der Waals surface area contributed by atoms with Gasteiger partial charge in [0.1, 0.15) is 0 Å². The van der Waals surface area contributed by atoms with Crippen LogP contribution in [0.2, 0.25) is 0 Å². The molecule has 0 saturated carbocycles. The molecule has 0 aliphatic carbocycles. The van der Waals surface area contributed by atoms with Crippen molar-refractivity contribution in [3.8, 4) is 0 Å². The standard InChI is InChI=1S/C19H28N6O2/c1-3-18(26)25(16-8-6-5-7-9-16)17-10-12-22(13-11-17)14-15-24-19(27)23(4-2)20-21-24/h5-9,17H,3-4,10-15H2,1-2H3. The highest BCUT2D eigenvalue weighted by atomic mass is 16.2. The molecule has 1 aliphatic rings. The Bertz CT molecular complexity index is 792. The van der Waals surface area contributed by atoms with Crippen LogP contribution in [0.15, 0.2) is 35.1 Å². The number of benzene rings is 1. The van der Waals surface area contributed by atoms with Gasteiger partial charge in [-0.2, -0.15) is 9.36 Å². The quantitative estimate of drug-likeness (QED) is 0.734. The highest BCUT2D eigenvalue weighted by molar-refractivity contribution is 5.93. The zero-order valence-electron chi connectivity index (χ0n) is 16.1. The molecule has 0 bridgehead atoms. The van der Waals surface area contributed by atoms with E-state index in [1.807, 2.05) is 49.1 Å². The predicted octanol–water partition coefficient (Wildman–Crippen LogP) is 1.37. The Morgan fingerprint density at radius 2 is 1.74 bits per heavy atom. The molecule has 8 nitrogen and oxygen atoms in total. The normalized spacial score (nSPS) is 15.8. The van der Waals surface area contributed by atoms with E-state index >= 15 is 0 Å². The van der Waals surface area contributed by atoms with Crippen LogP contribution in [0.3, 0.4) is 0 Å². The Morgan fingerprint density at radius 3 is 2.33 bits per heavy atom. The maximum atomic E-state index is 12.5. The Balaban J connectivity index is 1.57. The third kappa shape index (κ3) is 4.44. The lowest BCUT2D eigenvalue weighted by molar-refractivity contribution is -0.119. The average molecular weight is 372 g/mol. The maximum Gasteiger partial charge on any atom is 0.363 e. The summed E-state index contributed by atoms with van der Waals surface area (Å²) in [5.41, 5.74) is 0.821. The third-order valence-corrected chi connectivity index (χ3v) is 5.15. The number of anilines is 1. The smallest absolute Gasteiger partial charge is 0.309 e. The first kappa shape index (κ1) is 19.3. The predicted molar refractivity (Wildman–Crippen MR) is 104 cm³/mol. The number of para-hydroxylation sites is 1. The van der Waals surface area contributed by atoms with Gasteiger partial charge in [0.25, 0.3) is 0 Å². The van der Waals surface area contributed by atoms with E-state index in [1.165, 1.54) is 9.36 Å². The number of tetrazole rings is 1. The van der Waals surface area contributed by atoms with Crippen LogP contribution in [-0.4, -0.2) is 56.3 Å². The molecule has 27 heavy (non-hydrogen) atoms. The number of nitrogens with zero attached hydrogens (tertiary/aromatic N) is 6. The Kier molecular flexibility index (Phi) is 6.39. The molecule has 8 heteroatoms. The lowest BCUT2D eigenvalue weighted by atomic mass is 10.0. The van der Waals surface area contributed by atoms with Gasteiger partial charge in [0.05, 0.1) is 6.54 Å². The number of hydrogen-bond donors (Lipinski definition) is 0. The van der Waals surface area contributed by atoms with E-state index < -0.39 is 0 Å². The molecule has 0 spiro atoms. The summed E-state index contributed by atoms with van der Waals surface area (Å²) >= 11 is 0. The number of piperidine rings is 1. The van der Waals surface area contributed by atoms with Gasteiger partial charge in [-0.05, 0) is 42.3 Å². The van der Waals surface area contributed by atoms with Crippen molar-refractivity contribution >= 4 is 11.6 Å². The Morgan fingerprint density at radius 1 is 1.07 bits per heavy atom. The summed E-state index contributed by atoms with van der Waals surface area (Å²) in [6.07, 6.45) is 2.36. The summed E-state index contributed by atoms with van der Waals surface area (Å²) in [4.78, 5) is 28.8. The second-order valence-corrected chi connectivity index (χ2v) is 6.83. The molecule has 2 aromatic rings. The zero-order chi connectivity index (χ0) is 19.2. The molecule has 0 unspecified atom stereocenters. The van der Waals surface area contributed by atoms with Crippen LogP contribution in [0.1, 0.15) is 33.1 Å². The topological polar surface area (TPSA) is 76.3 Å². The molecule has 0 N–H and O–H groups in total. The lowest BCUT2D eigenvalue weighted by Crippen LogP contribution is -2.48. The van der Waals surface area contributed by atoms with Crippen molar-refractivity contribution in [3.05, 3.63) is 40.8 Å². The van der Waals surface area contributed by atoms with Crippen molar-refractivity contribution in [1.29, 1.82) is 0 Å². The fourth-order valence-electron chi connectivity index (χ4n) is 3.60. The minimum atomic E-state index is -0.156. The Hall–Kier alpha value is -2.48. The molecular weight excluding hydrogens is 344 g/mol. The van der Waals surface area contributed by atoms with Crippen LogP contribution in [0.5, 0.6) is 0 Å². The van der Waals surface area contributed by atoms with Gasteiger partial charge in [0.2, 0.25) is 5.91 Å². The van der Waals surface area contributed by atoms with Crippen molar-refractivity contribution in [2.75, 3.05) is 24.5 Å². The highest BCUT2D eigenvalue weighted by Crippen LogP contribution is 2.24. The molecule has 2 heterocycles. The van der Waals surface area contributed by atoms with Gasteiger partial charge in [-0.3, -0.25) is 4.79 Å². The van der Waals surface area contributed by atoms with Gasteiger partial charge >= 0.3 is 5.69 Å². The maximum absolute atomic E-state index is 12.5. The number of hydrogen-bond acceptors (Lipinski definition) is 5. The van der Waals surface area contributed by atoms with E-state index in [0.29, 0.717) is 19.5 Å². The van der Waals surface area contributed by atoms with Crippen LogP contribution in [0.4, 0.5) is 5.69 Å². The van der Waals surface area contributed by atoms with Gasteiger partial charge in [-0.15, -0.1) is 0 Å². The SMILES string of the molecule is CCC(=O)N(c1ccccc1)C1CCN(CCn2nnn(CC)c2=O)CC1. The zero-order valence-corrected chi connectivity index (χ0v) is 16.1. The number of rotatable bonds is 7. The second kappa shape index (κ2) is 8.94. The van der Waals surface area contributed by atoms with Gasteiger partial charge in [0.15, 0.2) is 0 Å². The summed E-state index contributed by atoms with van der Waals surface area (Å²) in [5, 5.41) is 7.78. The van der Waals surface area contributed by atoms with Crippen LogP contribution in [0.25, 0.3) is 0 Å². The molecule has 1 aliphatic heterocycles. The average Bonchev–Trinajstić information content (AvgIpc) is 3.07. The van der Waals surface area contributed by atoms with E-state index in [4.69, 9.17) is 0 Å². The largest absolute Gasteiger partial charge is 0.363 e. The second-order valence-electron chi connectivity index (χ2n) is 6.83. The summed E-state index contributed by atoms with van der Waals surface area (Å²) in [5.74, 6) is 0.169. The molecule has 1 aromatic carbocycles. The van der Waals surface area contributed by atoms with Crippen molar-refractivity contribution in [2.24, 2.45) is 0 Å². The molecular formula is C19H28N6O2. The van der Waals surface area contributed by atoms with E-state index in [9.17, 15) is 9.59 Å². The minimum absolute atomic E-state index is 0.156. The summed E-state index contributed by atoms with van der Waals surface area (Å²) in [7, 11) is 0. The summed E-state index contributed by atoms with van der Waals surface area (Å²) < 4.78 is 2.78. The third-order valence-electron chi connectivity index (χ3n) is 5.15. The van der Waals surface area contributed by atoms with Crippen molar-refractivity contribution in [2.45, 2.75) is 52.2 Å². The fourth-order valence-corrected chi connectivity index (χ4v) is 3.60. The van der Waals surface area contributed by atoms with Crippen LogP contribution in [0, 0.1) is 0 Å². The van der Waals surface area contributed by atoms with E-state index in [-0.39, 0.29) is 17.6 Å². The number of aryl methyl sites for hydroxylation is 1. The minimum Gasteiger partial charge on any atom is -0.309 e. The lowest BCUT2D eigenvalue weighted by Gasteiger charge is -2.38. The van der Waals surface area contributed by atoms with E-state index in [0.717, 1.165) is 38.2 Å². The van der Waals surface area contributed by atoms with Crippen LogP contribution >= 0.6 is 0 Å². The number of carbonyl (C=O) groups is 1. The van der Waals surface area contributed by atoms with Crippen molar-refractivity contribution in [3.63, 3.8) is 0 Å². The van der Waals surface area contributed by atoms with Crippen LogP contribution in [-0.2, 0) is 17.9 Å². The summed E-state index contributed by atoms with van der Waals surface area (Å²) in [6.45, 7) is 7.44. The Labute approximate surface area is 159 Å². The molecule has 146 valence electrons. The fraction of sp³-hybridized carbons (Fsp3) is 0.579. The molecule has 1 amide bonds. The number of amides is 1. The first-order valence-corrected chi connectivity index (χ1v) is 9.74. The number of carbonyl (C=O) groups excluding carboxylic acids is 1. The van der Waals surface area contributed by atoms with Gasteiger partial charge < -0.3 is 9.80 Å². The van der Waals surface area contributed by atoms with Crippen molar-refractivity contribution < 1.29 is 4.79 Å². The molecule has 0 radical (unpaired) electrons. The van der Waals surface area contributed by atoms with Crippen LogP contribution < -0.4 is 10.6 Å². The number of aromatic nitrogens is 4. The van der Waals surface area contributed by atoms with Gasteiger partial charge in [-0.25, -0.2) is 4.79 Å². The first-order chi connectivity index (χ1) is 13.1. The molecule has 1 fully saturated rings. The molecule has 0 atom stereocenters. The van der Waals surface area contributed by atoms with E-state index in [1.54, 1.807) is 0 Å². The van der Waals surface area contributed by atoms with Gasteiger partial charge in [-0.1, -0.05) is 25.1 Å². The van der Waals surface area contributed by atoms with E-state index in [2.05, 4.69) is 15.3 Å². The summed E-state index contributed by atoms with van der Waals surface area (Å²) in [6, 6.07) is 10.1. The molecule has 1 saturated heterocycles. The molecule has 3 rings (SSSR count). The molecule has 1 aromatic heterocycles. The van der Waals surface area contributed by atoms with Gasteiger partial charge in [0, 0.05) is 44.3 Å². The number of likely N-dealkylation sites (tertiary alicyclic amines) is 1.